The van der Waals surface area contributed by atoms with Gasteiger partial charge in [-0.3, -0.25) is 4.79 Å². The summed E-state index contributed by atoms with van der Waals surface area (Å²) in [5, 5.41) is 3.83. The number of quaternary nitrogens is 1. The second-order valence-electron chi connectivity index (χ2n) is 7.20. The summed E-state index contributed by atoms with van der Waals surface area (Å²) in [7, 11) is 4.04. The Bertz CT molecular complexity index is 755. The molecule has 2 aromatic carbocycles. The molecule has 0 spiro atoms. The number of hydrogen-bond acceptors (Lipinski definition) is 3. The van der Waals surface area contributed by atoms with E-state index in [4.69, 9.17) is 11.6 Å². The highest BCUT2D eigenvalue weighted by Gasteiger charge is 2.23. The molecule has 2 N–H and O–H groups in total. The van der Waals surface area contributed by atoms with Crippen LogP contribution >= 0.6 is 11.6 Å². The minimum atomic E-state index is 0.105. The Morgan fingerprint density at radius 1 is 1.11 bits per heavy atom. The highest BCUT2D eigenvalue weighted by molar-refractivity contribution is 6.33. The van der Waals surface area contributed by atoms with Crippen molar-refractivity contribution >= 4 is 28.9 Å². The minimum absolute atomic E-state index is 0.105. The zero-order valence-corrected chi connectivity index (χ0v) is 16.8. The van der Waals surface area contributed by atoms with Gasteiger partial charge < -0.3 is 20.0 Å². The van der Waals surface area contributed by atoms with E-state index in [0.717, 1.165) is 48.1 Å². The van der Waals surface area contributed by atoms with Crippen LogP contribution in [-0.4, -0.2) is 52.7 Å². The third-order valence-electron chi connectivity index (χ3n) is 5.02. The molecule has 0 atom stereocenters. The van der Waals surface area contributed by atoms with Gasteiger partial charge in [-0.15, -0.1) is 0 Å². The number of nitrogens with zero attached hydrogens (tertiary/aromatic N) is 2. The summed E-state index contributed by atoms with van der Waals surface area (Å²) in [6.07, 6.45) is 0. The van der Waals surface area contributed by atoms with Gasteiger partial charge in [-0.1, -0.05) is 35.9 Å². The number of carbonyl (C=O) groups is 1. The molecular weight excluding hydrogens is 360 g/mol. The number of rotatable bonds is 6. The first kappa shape index (κ1) is 19.5. The number of nitrogens with one attached hydrogen (secondary N) is 2. The first-order valence-electron chi connectivity index (χ1n) is 9.39. The first-order chi connectivity index (χ1) is 13.0. The van der Waals surface area contributed by atoms with E-state index < -0.39 is 0 Å². The van der Waals surface area contributed by atoms with Crippen LogP contribution in [0.1, 0.15) is 5.56 Å². The van der Waals surface area contributed by atoms with Crippen LogP contribution in [0, 0.1) is 0 Å². The Kier molecular flexibility index (Phi) is 6.58. The van der Waals surface area contributed by atoms with Crippen LogP contribution in [0.2, 0.25) is 5.02 Å². The Morgan fingerprint density at radius 2 is 1.78 bits per heavy atom. The van der Waals surface area contributed by atoms with Crippen LogP contribution in [0.15, 0.2) is 48.5 Å². The van der Waals surface area contributed by atoms with E-state index in [9.17, 15) is 4.79 Å². The number of halogens is 1. The lowest BCUT2D eigenvalue weighted by atomic mass is 10.2. The van der Waals surface area contributed by atoms with E-state index in [1.807, 2.05) is 32.3 Å². The monoisotopic (exact) mass is 387 g/mol. The van der Waals surface area contributed by atoms with Crippen molar-refractivity contribution in [2.75, 3.05) is 56.6 Å². The van der Waals surface area contributed by atoms with Crippen molar-refractivity contribution in [3.05, 3.63) is 59.1 Å². The molecule has 5 nitrogen and oxygen atoms in total. The average Bonchev–Trinajstić information content (AvgIpc) is 2.68. The van der Waals surface area contributed by atoms with Gasteiger partial charge in [0.05, 0.1) is 36.9 Å². The fourth-order valence-corrected chi connectivity index (χ4v) is 3.61. The fourth-order valence-electron chi connectivity index (χ4n) is 3.35. The molecule has 0 aromatic heterocycles. The lowest BCUT2D eigenvalue weighted by Crippen LogP contribution is -3.15. The van der Waals surface area contributed by atoms with E-state index in [1.54, 1.807) is 0 Å². The van der Waals surface area contributed by atoms with Gasteiger partial charge in [0, 0.05) is 26.3 Å². The lowest BCUT2D eigenvalue weighted by Gasteiger charge is -2.33. The zero-order valence-electron chi connectivity index (χ0n) is 16.0. The summed E-state index contributed by atoms with van der Waals surface area (Å²) in [5.41, 5.74) is 3.36. The highest BCUT2D eigenvalue weighted by Crippen LogP contribution is 2.24. The van der Waals surface area contributed by atoms with Gasteiger partial charge >= 0.3 is 0 Å². The maximum atomic E-state index is 12.3. The van der Waals surface area contributed by atoms with Crippen LogP contribution < -0.4 is 20.0 Å². The quantitative estimate of drug-likeness (QED) is 0.787. The summed E-state index contributed by atoms with van der Waals surface area (Å²) in [6.45, 7) is 4.81. The largest absolute Gasteiger partial charge is 0.378 e. The molecule has 1 heterocycles. The summed E-state index contributed by atoms with van der Waals surface area (Å²) in [4.78, 5) is 18.0. The molecule has 0 aliphatic carbocycles. The summed E-state index contributed by atoms with van der Waals surface area (Å²) < 4.78 is 0. The van der Waals surface area contributed by atoms with Gasteiger partial charge in [0.2, 0.25) is 0 Å². The molecule has 1 aliphatic rings. The van der Waals surface area contributed by atoms with Crippen molar-refractivity contribution < 1.29 is 9.69 Å². The Morgan fingerprint density at radius 3 is 2.41 bits per heavy atom. The average molecular weight is 388 g/mol. The molecule has 144 valence electrons. The topological polar surface area (TPSA) is 40.0 Å². The van der Waals surface area contributed by atoms with Gasteiger partial charge in [-0.05, 0) is 29.8 Å². The second-order valence-corrected chi connectivity index (χ2v) is 7.61. The predicted molar refractivity (Wildman–Crippen MR) is 112 cm³/mol. The maximum Gasteiger partial charge on any atom is 0.275 e. The zero-order chi connectivity index (χ0) is 19.2. The van der Waals surface area contributed by atoms with Crippen molar-refractivity contribution in [3.8, 4) is 0 Å². The molecule has 0 unspecified atom stereocenters. The Hall–Kier alpha value is -2.24. The van der Waals surface area contributed by atoms with Gasteiger partial charge in [-0.25, -0.2) is 0 Å². The highest BCUT2D eigenvalue weighted by atomic mass is 35.5. The predicted octanol–water partition coefficient (Wildman–Crippen LogP) is 1.43. The Labute approximate surface area is 166 Å². The molecule has 1 amide bonds. The molecular formula is C21H28ClN4O+. The van der Waals surface area contributed by atoms with Crippen molar-refractivity contribution in [2.24, 2.45) is 0 Å². The molecule has 3 rings (SSSR count). The third-order valence-corrected chi connectivity index (χ3v) is 5.34. The molecule has 6 heteroatoms. The van der Waals surface area contributed by atoms with Crippen LogP contribution in [0.4, 0.5) is 11.4 Å². The molecule has 1 aliphatic heterocycles. The lowest BCUT2D eigenvalue weighted by molar-refractivity contribution is -0.892. The summed E-state index contributed by atoms with van der Waals surface area (Å²) >= 11 is 6.29. The maximum absolute atomic E-state index is 12.3. The van der Waals surface area contributed by atoms with Crippen molar-refractivity contribution in [3.63, 3.8) is 0 Å². The fraction of sp³-hybridized carbons (Fsp3) is 0.381. The van der Waals surface area contributed by atoms with Crippen LogP contribution in [0.3, 0.4) is 0 Å². The standard InChI is InChI=1S/C21H27ClN4O/c1-24(2)18-9-7-17(8-10-18)15-23-21(27)16-25-11-13-26(14-12-25)20-6-4-3-5-19(20)22/h3-10H,11-16H2,1-2H3,(H,23,27)/p+1. The third kappa shape index (κ3) is 5.37. The molecule has 2 aromatic rings. The van der Waals surface area contributed by atoms with E-state index in [1.165, 1.54) is 4.90 Å². The number of hydrogen-bond donors (Lipinski definition) is 2. The van der Waals surface area contributed by atoms with Crippen LogP contribution in [-0.2, 0) is 11.3 Å². The number of benzene rings is 2. The van der Waals surface area contributed by atoms with Gasteiger partial charge in [0.15, 0.2) is 6.54 Å². The normalized spacial score (nSPS) is 14.9. The number of anilines is 2. The summed E-state index contributed by atoms with van der Waals surface area (Å²) in [5.74, 6) is 0.105. The van der Waals surface area contributed by atoms with Crippen LogP contribution in [0.25, 0.3) is 0 Å². The smallest absolute Gasteiger partial charge is 0.275 e. The van der Waals surface area contributed by atoms with Crippen molar-refractivity contribution in [2.45, 2.75) is 6.54 Å². The number of amides is 1. The van der Waals surface area contributed by atoms with E-state index in [-0.39, 0.29) is 5.91 Å². The molecule has 0 saturated carbocycles. The Balaban J connectivity index is 1.42. The number of piperazine rings is 1. The minimum Gasteiger partial charge on any atom is -0.378 e. The second kappa shape index (κ2) is 9.11. The molecule has 0 bridgehead atoms. The van der Waals surface area contributed by atoms with Crippen molar-refractivity contribution in [1.29, 1.82) is 0 Å². The number of carbonyl (C=O) groups excluding carboxylic acids is 1. The van der Waals surface area contributed by atoms with Gasteiger partial charge in [0.25, 0.3) is 5.91 Å². The molecule has 1 fully saturated rings. The number of para-hydroxylation sites is 1. The SMILES string of the molecule is CN(C)c1ccc(CNC(=O)C[NH+]2CCN(c3ccccc3Cl)CC2)cc1. The van der Waals surface area contributed by atoms with Gasteiger partial charge in [0.1, 0.15) is 0 Å². The summed E-state index contributed by atoms with van der Waals surface area (Å²) in [6, 6.07) is 16.2. The van der Waals surface area contributed by atoms with Gasteiger partial charge in [-0.2, -0.15) is 0 Å². The van der Waals surface area contributed by atoms with E-state index in [2.05, 4.69) is 45.4 Å². The molecule has 0 radical (unpaired) electrons. The van der Waals surface area contributed by atoms with E-state index >= 15 is 0 Å². The molecule has 27 heavy (non-hydrogen) atoms. The van der Waals surface area contributed by atoms with Crippen molar-refractivity contribution in [1.82, 2.24) is 5.32 Å². The first-order valence-corrected chi connectivity index (χ1v) is 9.77. The molecule has 1 saturated heterocycles. The van der Waals surface area contributed by atoms with Crippen LogP contribution in [0.5, 0.6) is 0 Å². The van der Waals surface area contributed by atoms with E-state index in [0.29, 0.717) is 13.1 Å².